The fourth-order valence-electron chi connectivity index (χ4n) is 2.62. The highest BCUT2D eigenvalue weighted by Gasteiger charge is 2.19. The number of carbonyl (C=O) groups is 1. The van der Waals surface area contributed by atoms with Crippen LogP contribution in [0, 0.1) is 6.92 Å². The fraction of sp³-hybridized carbons (Fsp3) is 0.0952. The lowest BCUT2D eigenvalue weighted by atomic mass is 10.1. The Morgan fingerprint density at radius 3 is 2.21 bits per heavy atom. The van der Waals surface area contributed by atoms with Crippen molar-refractivity contribution in [2.45, 2.75) is 11.8 Å². The van der Waals surface area contributed by atoms with Gasteiger partial charge >= 0.3 is 0 Å². The summed E-state index contributed by atoms with van der Waals surface area (Å²) < 4.78 is 33.2. The first kappa shape index (κ1) is 19.4. The van der Waals surface area contributed by atoms with Crippen molar-refractivity contribution in [2.24, 2.45) is 0 Å². The first-order valence-electron chi connectivity index (χ1n) is 8.53. The molecule has 0 aliphatic carbocycles. The van der Waals surface area contributed by atoms with Crippen LogP contribution in [-0.4, -0.2) is 21.4 Å². The van der Waals surface area contributed by atoms with Crippen molar-refractivity contribution >= 4 is 27.3 Å². The van der Waals surface area contributed by atoms with Crippen LogP contribution in [0.4, 0.5) is 11.4 Å². The van der Waals surface area contributed by atoms with Crippen molar-refractivity contribution in [1.82, 2.24) is 0 Å². The van der Waals surface area contributed by atoms with E-state index in [1.807, 2.05) is 0 Å². The number of aryl methyl sites for hydroxylation is 1. The monoisotopic (exact) mass is 396 g/mol. The maximum atomic E-state index is 12.8. The molecule has 0 bridgehead atoms. The number of hydrogen-bond acceptors (Lipinski definition) is 4. The third-order valence-corrected chi connectivity index (χ3v) is 5.64. The lowest BCUT2D eigenvalue weighted by molar-refractivity contribution is 0.102. The number of sulfonamides is 1. The van der Waals surface area contributed by atoms with Crippen LogP contribution in [0.5, 0.6) is 5.75 Å². The van der Waals surface area contributed by atoms with Crippen LogP contribution in [0.15, 0.2) is 77.7 Å². The van der Waals surface area contributed by atoms with Gasteiger partial charge in [-0.05, 0) is 61.0 Å². The summed E-state index contributed by atoms with van der Waals surface area (Å²) in [5.74, 6) is 0.273. The van der Waals surface area contributed by atoms with Gasteiger partial charge < -0.3 is 10.1 Å². The predicted octanol–water partition coefficient (Wildman–Crippen LogP) is 4.06. The number of para-hydroxylation sites is 1. The summed E-state index contributed by atoms with van der Waals surface area (Å²) in [6.07, 6.45) is 0. The van der Waals surface area contributed by atoms with Gasteiger partial charge in [-0.15, -0.1) is 0 Å². The summed E-state index contributed by atoms with van der Waals surface area (Å²) >= 11 is 0. The Morgan fingerprint density at radius 1 is 0.893 bits per heavy atom. The maximum Gasteiger partial charge on any atom is 0.262 e. The van der Waals surface area contributed by atoms with Gasteiger partial charge in [-0.25, -0.2) is 8.42 Å². The molecule has 0 atom stereocenters. The summed E-state index contributed by atoms with van der Waals surface area (Å²) in [7, 11) is -2.27. The predicted molar refractivity (Wildman–Crippen MR) is 109 cm³/mol. The van der Waals surface area contributed by atoms with E-state index in [1.165, 1.54) is 6.07 Å². The van der Waals surface area contributed by atoms with E-state index < -0.39 is 15.9 Å². The number of amides is 1. The van der Waals surface area contributed by atoms with Crippen molar-refractivity contribution in [3.63, 3.8) is 0 Å². The molecule has 0 aromatic heterocycles. The Balaban J connectivity index is 1.84. The molecule has 7 heteroatoms. The second kappa shape index (κ2) is 8.14. The molecule has 3 aromatic rings. The molecule has 0 saturated heterocycles. The van der Waals surface area contributed by atoms with E-state index in [9.17, 15) is 13.2 Å². The number of methoxy groups -OCH3 is 1. The molecular weight excluding hydrogens is 376 g/mol. The Bertz CT molecular complexity index is 1080. The van der Waals surface area contributed by atoms with Crippen LogP contribution in [0.2, 0.25) is 0 Å². The zero-order chi connectivity index (χ0) is 20.1. The quantitative estimate of drug-likeness (QED) is 0.658. The summed E-state index contributed by atoms with van der Waals surface area (Å²) in [5.41, 5.74) is 1.83. The van der Waals surface area contributed by atoms with Crippen LogP contribution in [0.1, 0.15) is 15.9 Å². The Morgan fingerprint density at radius 2 is 1.57 bits per heavy atom. The fourth-order valence-corrected chi connectivity index (χ4v) is 3.96. The van der Waals surface area contributed by atoms with Crippen molar-refractivity contribution in [2.75, 3.05) is 17.1 Å². The number of carbonyl (C=O) groups excluding carboxylic acids is 1. The van der Waals surface area contributed by atoms with E-state index in [2.05, 4.69) is 10.0 Å². The van der Waals surface area contributed by atoms with E-state index in [0.29, 0.717) is 22.7 Å². The minimum Gasteiger partial charge on any atom is -0.497 e. The molecule has 0 fully saturated rings. The van der Waals surface area contributed by atoms with E-state index in [1.54, 1.807) is 80.8 Å². The second-order valence-corrected chi connectivity index (χ2v) is 7.79. The largest absolute Gasteiger partial charge is 0.497 e. The number of hydrogen-bond donors (Lipinski definition) is 2. The van der Waals surface area contributed by atoms with Gasteiger partial charge in [-0.2, -0.15) is 0 Å². The lowest BCUT2D eigenvalue weighted by Gasteiger charge is -2.12. The van der Waals surface area contributed by atoms with Crippen LogP contribution >= 0.6 is 0 Å². The Kier molecular flexibility index (Phi) is 5.65. The van der Waals surface area contributed by atoms with Gasteiger partial charge in [0, 0.05) is 16.9 Å². The minimum atomic E-state index is -3.83. The third kappa shape index (κ3) is 4.50. The van der Waals surface area contributed by atoms with Crippen molar-refractivity contribution < 1.29 is 17.9 Å². The lowest BCUT2D eigenvalue weighted by Crippen LogP contribution is -2.17. The third-order valence-electron chi connectivity index (χ3n) is 4.11. The molecule has 1 amide bonds. The molecule has 144 valence electrons. The molecule has 2 N–H and O–H groups in total. The summed E-state index contributed by atoms with van der Waals surface area (Å²) in [6.45, 7) is 1.69. The Labute approximate surface area is 164 Å². The average molecular weight is 396 g/mol. The van der Waals surface area contributed by atoms with Gasteiger partial charge in [0.25, 0.3) is 15.9 Å². The number of ether oxygens (including phenoxy) is 1. The molecule has 0 aliphatic rings. The van der Waals surface area contributed by atoms with Crippen LogP contribution < -0.4 is 14.8 Å². The van der Waals surface area contributed by atoms with Gasteiger partial charge in [-0.1, -0.05) is 24.3 Å². The highest BCUT2D eigenvalue weighted by molar-refractivity contribution is 7.92. The topological polar surface area (TPSA) is 84.5 Å². The SMILES string of the molecule is COc1ccc(NC(=O)c2ccc(C)c(S(=O)(=O)Nc3ccccc3)c2)cc1. The van der Waals surface area contributed by atoms with Crippen molar-refractivity contribution in [1.29, 1.82) is 0 Å². The molecular formula is C21H20N2O4S. The van der Waals surface area contributed by atoms with E-state index in [4.69, 9.17) is 4.74 Å². The highest BCUT2D eigenvalue weighted by atomic mass is 32.2. The molecule has 6 nitrogen and oxygen atoms in total. The molecule has 0 heterocycles. The normalized spacial score (nSPS) is 10.9. The van der Waals surface area contributed by atoms with Crippen LogP contribution in [0.25, 0.3) is 0 Å². The minimum absolute atomic E-state index is 0.0544. The smallest absolute Gasteiger partial charge is 0.262 e. The number of benzene rings is 3. The van der Waals surface area contributed by atoms with E-state index >= 15 is 0 Å². The molecule has 0 spiro atoms. The van der Waals surface area contributed by atoms with Crippen LogP contribution in [0.3, 0.4) is 0 Å². The summed E-state index contributed by atoms with van der Waals surface area (Å²) in [6, 6.07) is 20.0. The highest BCUT2D eigenvalue weighted by Crippen LogP contribution is 2.22. The molecule has 0 aliphatic heterocycles. The average Bonchev–Trinajstić information content (AvgIpc) is 2.69. The first-order valence-corrected chi connectivity index (χ1v) is 10.0. The number of nitrogens with one attached hydrogen (secondary N) is 2. The molecule has 3 aromatic carbocycles. The maximum absolute atomic E-state index is 12.8. The summed E-state index contributed by atoms with van der Waals surface area (Å²) in [4.78, 5) is 12.6. The van der Waals surface area contributed by atoms with E-state index in [0.717, 1.165) is 0 Å². The van der Waals surface area contributed by atoms with Crippen molar-refractivity contribution in [3.05, 3.63) is 83.9 Å². The van der Waals surface area contributed by atoms with Gasteiger partial charge in [0.2, 0.25) is 0 Å². The van der Waals surface area contributed by atoms with Gasteiger partial charge in [0.05, 0.1) is 12.0 Å². The molecule has 0 unspecified atom stereocenters. The first-order chi connectivity index (χ1) is 13.4. The zero-order valence-corrected chi connectivity index (χ0v) is 16.3. The standard InChI is InChI=1S/C21H20N2O4S/c1-15-8-9-16(21(24)22-17-10-12-19(27-2)13-11-17)14-20(15)28(25,26)23-18-6-4-3-5-7-18/h3-14,23H,1-2H3,(H,22,24). The second-order valence-electron chi connectivity index (χ2n) is 6.13. The van der Waals surface area contributed by atoms with Crippen LogP contribution in [-0.2, 0) is 10.0 Å². The van der Waals surface area contributed by atoms with Crippen molar-refractivity contribution in [3.8, 4) is 5.75 Å². The molecule has 3 rings (SSSR count). The van der Waals surface area contributed by atoms with Gasteiger partial charge in [0.1, 0.15) is 5.75 Å². The van der Waals surface area contributed by atoms with Gasteiger partial charge in [0.15, 0.2) is 0 Å². The Hall–Kier alpha value is -3.32. The zero-order valence-electron chi connectivity index (χ0n) is 15.5. The van der Waals surface area contributed by atoms with E-state index in [-0.39, 0.29) is 10.5 Å². The molecule has 0 radical (unpaired) electrons. The number of rotatable bonds is 6. The number of anilines is 2. The van der Waals surface area contributed by atoms with Gasteiger partial charge in [-0.3, -0.25) is 9.52 Å². The summed E-state index contributed by atoms with van der Waals surface area (Å²) in [5, 5.41) is 2.75. The molecule has 0 saturated carbocycles. The molecule has 28 heavy (non-hydrogen) atoms.